The van der Waals surface area contributed by atoms with Crippen molar-refractivity contribution < 1.29 is 4.79 Å². The molecule has 1 aliphatic rings. The molecule has 1 aromatic rings. The first kappa shape index (κ1) is 15.2. The number of hydrogen-bond acceptors (Lipinski definition) is 3. The van der Waals surface area contributed by atoms with E-state index in [0.29, 0.717) is 12.6 Å². The number of aryl methyl sites for hydroxylation is 2. The van der Waals surface area contributed by atoms with Gasteiger partial charge in [-0.05, 0) is 63.5 Å². The first-order chi connectivity index (χ1) is 9.61. The van der Waals surface area contributed by atoms with Crippen LogP contribution in [0.5, 0.6) is 0 Å². The number of Topliss-reactive ketones (excluding diaryl/α,β-unsaturated/α-hetero) is 1. The fourth-order valence-electron chi connectivity index (χ4n) is 2.86. The van der Waals surface area contributed by atoms with Crippen LogP contribution in [0.2, 0.25) is 0 Å². The van der Waals surface area contributed by atoms with E-state index in [2.05, 4.69) is 31.0 Å². The van der Waals surface area contributed by atoms with E-state index in [9.17, 15) is 4.79 Å². The van der Waals surface area contributed by atoms with Crippen molar-refractivity contribution in [2.45, 2.75) is 39.7 Å². The second kappa shape index (κ2) is 7.00. The van der Waals surface area contributed by atoms with E-state index in [1.807, 2.05) is 18.2 Å². The molecule has 0 saturated carbocycles. The van der Waals surface area contributed by atoms with Crippen molar-refractivity contribution in [2.24, 2.45) is 0 Å². The molecule has 3 heteroatoms. The monoisotopic (exact) mass is 274 g/mol. The van der Waals surface area contributed by atoms with Gasteiger partial charge in [-0.1, -0.05) is 19.1 Å². The number of benzene rings is 1. The fraction of sp³-hybridized carbons (Fsp3) is 0.588. The highest BCUT2D eigenvalue weighted by Crippen LogP contribution is 2.15. The summed E-state index contributed by atoms with van der Waals surface area (Å²) < 4.78 is 0. The number of nitrogens with one attached hydrogen (secondary N) is 1. The first-order valence-electron chi connectivity index (χ1n) is 7.67. The molecule has 3 nitrogen and oxygen atoms in total. The third-order valence-electron chi connectivity index (χ3n) is 4.41. The number of hydrogen-bond donors (Lipinski definition) is 1. The smallest absolute Gasteiger partial charge is 0.176 e. The van der Waals surface area contributed by atoms with Gasteiger partial charge in [0.1, 0.15) is 0 Å². The van der Waals surface area contributed by atoms with Crippen LogP contribution in [0, 0.1) is 13.8 Å². The van der Waals surface area contributed by atoms with Crippen LogP contribution in [-0.2, 0) is 0 Å². The van der Waals surface area contributed by atoms with Gasteiger partial charge in [-0.2, -0.15) is 0 Å². The Bertz CT molecular complexity index is 464. The van der Waals surface area contributed by atoms with Crippen LogP contribution in [0.25, 0.3) is 0 Å². The molecule has 0 aliphatic carbocycles. The molecule has 2 rings (SSSR count). The summed E-state index contributed by atoms with van der Waals surface area (Å²) in [5, 5.41) is 3.38. The molecule has 1 fully saturated rings. The molecule has 1 aliphatic heterocycles. The van der Waals surface area contributed by atoms with Crippen LogP contribution in [0.3, 0.4) is 0 Å². The molecule has 0 aromatic heterocycles. The predicted octanol–water partition coefficient (Wildman–Crippen LogP) is 2.56. The topological polar surface area (TPSA) is 32.3 Å². The lowest BCUT2D eigenvalue weighted by atomic mass is 10.0. The highest BCUT2D eigenvalue weighted by molar-refractivity contribution is 5.97. The van der Waals surface area contributed by atoms with Gasteiger partial charge in [0.2, 0.25) is 0 Å². The average Bonchev–Trinajstić information content (AvgIpc) is 2.48. The van der Waals surface area contributed by atoms with Gasteiger partial charge in [-0.3, -0.25) is 9.69 Å². The van der Waals surface area contributed by atoms with E-state index in [-0.39, 0.29) is 5.78 Å². The summed E-state index contributed by atoms with van der Waals surface area (Å²) >= 11 is 0. The zero-order valence-electron chi connectivity index (χ0n) is 12.9. The lowest BCUT2D eigenvalue weighted by molar-refractivity contribution is 0.0874. The molecule has 1 saturated heterocycles. The number of likely N-dealkylation sites (N-methyl/N-ethyl adjacent to an activating group) is 1. The number of carbonyl (C=O) groups is 1. The van der Waals surface area contributed by atoms with Crippen molar-refractivity contribution in [3.8, 4) is 0 Å². The molecule has 1 N–H and O–H groups in total. The van der Waals surface area contributed by atoms with Crippen molar-refractivity contribution in [3.05, 3.63) is 34.9 Å². The number of piperidine rings is 1. The Morgan fingerprint density at radius 1 is 1.25 bits per heavy atom. The maximum Gasteiger partial charge on any atom is 0.176 e. The number of ketones is 1. The van der Waals surface area contributed by atoms with Crippen LogP contribution < -0.4 is 5.32 Å². The summed E-state index contributed by atoms with van der Waals surface area (Å²) in [5.41, 5.74) is 3.29. The maximum absolute atomic E-state index is 12.5. The molecule has 1 aromatic carbocycles. The Hall–Kier alpha value is -1.19. The SMILES string of the molecule is CCN(CC(=O)c1ccc(C)c(C)c1)C1CCNCC1. The normalized spacial score (nSPS) is 16.6. The minimum Gasteiger partial charge on any atom is -0.317 e. The van der Waals surface area contributed by atoms with E-state index >= 15 is 0 Å². The summed E-state index contributed by atoms with van der Waals surface area (Å²) in [7, 11) is 0. The molecule has 0 radical (unpaired) electrons. The molecule has 0 spiro atoms. The van der Waals surface area contributed by atoms with Crippen molar-refractivity contribution in [1.29, 1.82) is 0 Å². The third kappa shape index (κ3) is 3.68. The van der Waals surface area contributed by atoms with Crippen molar-refractivity contribution in [1.82, 2.24) is 10.2 Å². The van der Waals surface area contributed by atoms with E-state index in [1.54, 1.807) is 0 Å². The lowest BCUT2D eigenvalue weighted by Crippen LogP contribution is -2.45. The van der Waals surface area contributed by atoms with Crippen molar-refractivity contribution >= 4 is 5.78 Å². The summed E-state index contributed by atoms with van der Waals surface area (Å²) in [6.07, 6.45) is 2.29. The summed E-state index contributed by atoms with van der Waals surface area (Å²) in [4.78, 5) is 14.8. The molecule has 20 heavy (non-hydrogen) atoms. The van der Waals surface area contributed by atoms with E-state index in [1.165, 1.54) is 11.1 Å². The van der Waals surface area contributed by atoms with Gasteiger partial charge in [-0.25, -0.2) is 0 Å². The van der Waals surface area contributed by atoms with Gasteiger partial charge in [0, 0.05) is 11.6 Å². The Kier molecular flexibility index (Phi) is 5.32. The average molecular weight is 274 g/mol. The van der Waals surface area contributed by atoms with E-state index in [0.717, 1.165) is 38.0 Å². The molecule has 0 bridgehead atoms. The van der Waals surface area contributed by atoms with Gasteiger partial charge in [-0.15, -0.1) is 0 Å². The molecule has 0 unspecified atom stereocenters. The summed E-state index contributed by atoms with van der Waals surface area (Å²) in [6, 6.07) is 6.58. The Balaban J connectivity index is 2.02. The summed E-state index contributed by atoms with van der Waals surface area (Å²) in [5.74, 6) is 0.244. The Morgan fingerprint density at radius 2 is 1.95 bits per heavy atom. The fourth-order valence-corrected chi connectivity index (χ4v) is 2.86. The van der Waals surface area contributed by atoms with Crippen LogP contribution in [0.1, 0.15) is 41.3 Å². The zero-order chi connectivity index (χ0) is 14.5. The van der Waals surface area contributed by atoms with Gasteiger partial charge < -0.3 is 5.32 Å². The van der Waals surface area contributed by atoms with E-state index in [4.69, 9.17) is 0 Å². The highest BCUT2D eigenvalue weighted by atomic mass is 16.1. The number of nitrogens with zero attached hydrogens (tertiary/aromatic N) is 1. The van der Waals surface area contributed by atoms with Crippen LogP contribution in [0.4, 0.5) is 0 Å². The molecule has 110 valence electrons. The molecular formula is C17H26N2O. The van der Waals surface area contributed by atoms with Gasteiger partial charge in [0.05, 0.1) is 6.54 Å². The van der Waals surface area contributed by atoms with Gasteiger partial charge in [0.25, 0.3) is 0 Å². The van der Waals surface area contributed by atoms with Crippen LogP contribution in [0.15, 0.2) is 18.2 Å². The second-order valence-electron chi connectivity index (χ2n) is 5.77. The minimum absolute atomic E-state index is 0.244. The predicted molar refractivity (Wildman–Crippen MR) is 83.4 cm³/mol. The maximum atomic E-state index is 12.5. The van der Waals surface area contributed by atoms with Gasteiger partial charge in [0.15, 0.2) is 5.78 Å². The molecule has 0 amide bonds. The Labute approximate surface area is 122 Å². The van der Waals surface area contributed by atoms with Crippen molar-refractivity contribution in [3.63, 3.8) is 0 Å². The van der Waals surface area contributed by atoms with Crippen LogP contribution >= 0.6 is 0 Å². The molecular weight excluding hydrogens is 248 g/mol. The number of carbonyl (C=O) groups excluding carboxylic acids is 1. The largest absolute Gasteiger partial charge is 0.317 e. The summed E-state index contributed by atoms with van der Waals surface area (Å²) in [6.45, 7) is 9.92. The lowest BCUT2D eigenvalue weighted by Gasteiger charge is -2.33. The quantitative estimate of drug-likeness (QED) is 0.838. The minimum atomic E-state index is 0.244. The van der Waals surface area contributed by atoms with Crippen molar-refractivity contribution in [2.75, 3.05) is 26.2 Å². The number of rotatable bonds is 5. The highest BCUT2D eigenvalue weighted by Gasteiger charge is 2.22. The third-order valence-corrected chi connectivity index (χ3v) is 4.41. The molecule has 1 heterocycles. The van der Waals surface area contributed by atoms with Crippen LogP contribution in [-0.4, -0.2) is 42.9 Å². The van der Waals surface area contributed by atoms with E-state index < -0.39 is 0 Å². The standard InChI is InChI=1S/C17H26N2O/c1-4-19(16-7-9-18-10-8-16)12-17(20)15-6-5-13(2)14(3)11-15/h5-6,11,16,18H,4,7-10,12H2,1-3H3. The van der Waals surface area contributed by atoms with Gasteiger partial charge >= 0.3 is 0 Å². The molecule has 0 atom stereocenters. The first-order valence-corrected chi connectivity index (χ1v) is 7.67. The Morgan fingerprint density at radius 3 is 2.55 bits per heavy atom. The zero-order valence-corrected chi connectivity index (χ0v) is 12.9. The second-order valence-corrected chi connectivity index (χ2v) is 5.77.